The summed E-state index contributed by atoms with van der Waals surface area (Å²) in [5, 5.41) is 2.78. The minimum Gasteiger partial charge on any atom is -0.465 e. The smallest absolute Gasteiger partial charge is 0.267 e. The van der Waals surface area contributed by atoms with Gasteiger partial charge in [0.1, 0.15) is 16.1 Å². The lowest BCUT2D eigenvalue weighted by molar-refractivity contribution is -0.134. The van der Waals surface area contributed by atoms with Crippen LogP contribution in [0.2, 0.25) is 0 Å². The third-order valence-electron chi connectivity index (χ3n) is 4.40. The van der Waals surface area contributed by atoms with Crippen LogP contribution in [0, 0.1) is 5.92 Å². The first-order valence-corrected chi connectivity index (χ1v) is 11.5. The van der Waals surface area contributed by atoms with Crippen molar-refractivity contribution in [2.45, 2.75) is 32.4 Å². The highest BCUT2D eigenvalue weighted by Crippen LogP contribution is 2.35. The molecule has 27 heavy (non-hydrogen) atoms. The van der Waals surface area contributed by atoms with Crippen molar-refractivity contribution < 1.29 is 22.4 Å². The van der Waals surface area contributed by atoms with Crippen LogP contribution in [0.4, 0.5) is 0 Å². The van der Waals surface area contributed by atoms with E-state index in [1.54, 1.807) is 18.2 Å². The van der Waals surface area contributed by atoms with Gasteiger partial charge in [0, 0.05) is 12.1 Å². The fourth-order valence-corrected chi connectivity index (χ4v) is 6.12. The Bertz CT molecular complexity index is 890. The van der Waals surface area contributed by atoms with E-state index < -0.39 is 21.9 Å². The molecule has 3 heterocycles. The fourth-order valence-electron chi connectivity index (χ4n) is 3.14. The highest BCUT2D eigenvalue weighted by molar-refractivity contribution is 8.26. The molecule has 1 aromatic rings. The average molecular weight is 429 g/mol. The summed E-state index contributed by atoms with van der Waals surface area (Å²) in [5.74, 6) is -0.417. The average Bonchev–Trinajstić information content (AvgIpc) is 3.25. The summed E-state index contributed by atoms with van der Waals surface area (Å²) in [6.07, 6.45) is 3.49. The summed E-state index contributed by atoms with van der Waals surface area (Å²) >= 11 is 6.46. The van der Waals surface area contributed by atoms with Crippen LogP contribution in [0.1, 0.15) is 26.0 Å². The zero-order valence-corrected chi connectivity index (χ0v) is 17.3. The van der Waals surface area contributed by atoms with Crippen LogP contribution in [0.25, 0.3) is 6.08 Å². The van der Waals surface area contributed by atoms with Gasteiger partial charge in [-0.15, -0.1) is 0 Å². The predicted molar refractivity (Wildman–Crippen MR) is 108 cm³/mol. The number of hydrogen-bond acceptors (Lipinski definition) is 7. The quantitative estimate of drug-likeness (QED) is 0.564. The van der Waals surface area contributed by atoms with Crippen LogP contribution < -0.4 is 5.32 Å². The predicted octanol–water partition coefficient (Wildman–Crippen LogP) is 1.81. The topological polar surface area (TPSA) is 96.7 Å². The molecule has 2 fully saturated rings. The van der Waals surface area contributed by atoms with Crippen molar-refractivity contribution in [2.75, 3.05) is 11.5 Å². The van der Waals surface area contributed by atoms with E-state index in [0.717, 1.165) is 11.8 Å². The Balaban J connectivity index is 1.79. The van der Waals surface area contributed by atoms with E-state index in [2.05, 4.69) is 5.32 Å². The third-order valence-corrected chi connectivity index (χ3v) is 7.50. The molecule has 0 bridgehead atoms. The highest BCUT2D eigenvalue weighted by atomic mass is 32.2. The molecule has 0 aromatic carbocycles. The van der Waals surface area contributed by atoms with Crippen LogP contribution in [-0.2, 0) is 19.4 Å². The van der Waals surface area contributed by atoms with E-state index in [0.29, 0.717) is 21.4 Å². The summed E-state index contributed by atoms with van der Waals surface area (Å²) < 4.78 is 28.8. The molecule has 0 spiro atoms. The number of carbonyl (C=O) groups excluding carboxylic acids is 2. The van der Waals surface area contributed by atoms with Crippen LogP contribution in [0.15, 0.2) is 27.7 Å². The van der Waals surface area contributed by atoms with Crippen molar-refractivity contribution in [3.63, 3.8) is 0 Å². The molecule has 2 aliphatic rings. The number of nitrogens with zero attached hydrogens (tertiary/aromatic N) is 1. The van der Waals surface area contributed by atoms with Crippen molar-refractivity contribution >= 4 is 56.0 Å². The lowest BCUT2D eigenvalue weighted by Crippen LogP contribution is -2.53. The molecule has 1 N–H and O–H groups in total. The molecule has 146 valence electrons. The van der Waals surface area contributed by atoms with Crippen LogP contribution >= 0.6 is 24.0 Å². The van der Waals surface area contributed by atoms with E-state index >= 15 is 0 Å². The Kier molecular flexibility index (Phi) is 5.78. The van der Waals surface area contributed by atoms with E-state index in [-0.39, 0.29) is 29.2 Å². The molecule has 3 rings (SSSR count). The van der Waals surface area contributed by atoms with Gasteiger partial charge >= 0.3 is 0 Å². The largest absolute Gasteiger partial charge is 0.465 e. The van der Waals surface area contributed by atoms with E-state index in [9.17, 15) is 18.0 Å². The van der Waals surface area contributed by atoms with Crippen molar-refractivity contribution in [3.05, 3.63) is 29.1 Å². The van der Waals surface area contributed by atoms with Gasteiger partial charge in [-0.05, 0) is 24.5 Å². The minimum atomic E-state index is -3.11. The summed E-state index contributed by atoms with van der Waals surface area (Å²) in [5.41, 5.74) is 0. The standard InChI is InChI=1S/C17H20N2O5S3/c1-10(2)14(15(20)18-11-5-7-27(22,23)9-11)19-16(21)13(26-17(19)25)8-12-4-3-6-24-12/h3-4,6,8,10-11,14H,5,7,9H2,1-2H3,(H,18,20)/b13-8-/t11-,14+/m0/s1. The van der Waals surface area contributed by atoms with Gasteiger partial charge in [0.15, 0.2) is 9.84 Å². The molecule has 2 saturated heterocycles. The number of thioether (sulfide) groups is 1. The van der Waals surface area contributed by atoms with Gasteiger partial charge in [0.05, 0.1) is 22.7 Å². The molecule has 0 aliphatic carbocycles. The molecule has 2 atom stereocenters. The molecule has 0 unspecified atom stereocenters. The third kappa shape index (κ3) is 4.44. The number of amides is 2. The Hall–Kier alpha value is -1.65. The second kappa shape index (κ2) is 7.76. The highest BCUT2D eigenvalue weighted by Gasteiger charge is 2.43. The molecule has 0 radical (unpaired) electrons. The van der Waals surface area contributed by atoms with Gasteiger partial charge in [-0.25, -0.2) is 8.42 Å². The van der Waals surface area contributed by atoms with Crippen molar-refractivity contribution in [3.8, 4) is 0 Å². The zero-order valence-electron chi connectivity index (χ0n) is 14.9. The first-order valence-electron chi connectivity index (χ1n) is 8.49. The maximum Gasteiger partial charge on any atom is 0.267 e. The summed E-state index contributed by atoms with van der Waals surface area (Å²) in [4.78, 5) is 27.4. The molecular weight excluding hydrogens is 408 g/mol. The van der Waals surface area contributed by atoms with Crippen molar-refractivity contribution in [2.24, 2.45) is 5.92 Å². The Morgan fingerprint density at radius 1 is 1.48 bits per heavy atom. The lowest BCUT2D eigenvalue weighted by atomic mass is 10.0. The number of hydrogen-bond donors (Lipinski definition) is 1. The number of thiocarbonyl (C=S) groups is 1. The van der Waals surface area contributed by atoms with Gasteiger partial charge < -0.3 is 9.73 Å². The van der Waals surface area contributed by atoms with Gasteiger partial charge in [0.25, 0.3) is 5.91 Å². The van der Waals surface area contributed by atoms with E-state index in [4.69, 9.17) is 16.6 Å². The van der Waals surface area contributed by atoms with Crippen LogP contribution in [0.3, 0.4) is 0 Å². The Morgan fingerprint density at radius 2 is 2.22 bits per heavy atom. The maximum atomic E-state index is 12.9. The molecular formula is C17H20N2O5S3. The first-order chi connectivity index (χ1) is 12.7. The monoisotopic (exact) mass is 428 g/mol. The molecule has 1 aromatic heterocycles. The molecule has 2 amide bonds. The second-order valence-corrected chi connectivity index (χ2v) is 10.8. The number of sulfone groups is 1. The van der Waals surface area contributed by atoms with E-state index in [1.165, 1.54) is 11.2 Å². The fraction of sp³-hybridized carbons (Fsp3) is 0.471. The minimum absolute atomic E-state index is 0.0667. The molecule has 2 aliphatic heterocycles. The SMILES string of the molecule is CC(C)[C@H](C(=O)N[C@H]1CCS(=O)(=O)C1)N1C(=O)/C(=C/c2ccco2)SC1=S. The van der Waals surface area contributed by atoms with E-state index in [1.807, 2.05) is 13.8 Å². The Labute approximate surface area is 167 Å². The van der Waals surface area contributed by atoms with Gasteiger partial charge in [-0.2, -0.15) is 0 Å². The van der Waals surface area contributed by atoms with Crippen molar-refractivity contribution in [1.82, 2.24) is 10.2 Å². The number of furan rings is 1. The molecule has 10 heteroatoms. The van der Waals surface area contributed by atoms with Gasteiger partial charge in [0.2, 0.25) is 5.91 Å². The summed E-state index contributed by atoms with van der Waals surface area (Å²) in [6, 6.07) is 2.20. The summed E-state index contributed by atoms with van der Waals surface area (Å²) in [7, 11) is -3.11. The maximum absolute atomic E-state index is 12.9. The first kappa shape index (κ1) is 20.1. The Morgan fingerprint density at radius 3 is 2.78 bits per heavy atom. The second-order valence-electron chi connectivity index (χ2n) is 6.86. The molecule has 0 saturated carbocycles. The van der Waals surface area contributed by atoms with Crippen LogP contribution in [-0.4, -0.2) is 53.0 Å². The van der Waals surface area contributed by atoms with Crippen LogP contribution in [0.5, 0.6) is 0 Å². The van der Waals surface area contributed by atoms with Crippen molar-refractivity contribution in [1.29, 1.82) is 0 Å². The molecule has 7 nitrogen and oxygen atoms in total. The zero-order chi connectivity index (χ0) is 19.8. The lowest BCUT2D eigenvalue weighted by Gasteiger charge is -2.29. The summed E-state index contributed by atoms with van der Waals surface area (Å²) in [6.45, 7) is 3.65. The number of nitrogens with one attached hydrogen (secondary N) is 1. The number of rotatable bonds is 5. The number of carbonyl (C=O) groups is 2. The van der Waals surface area contributed by atoms with Gasteiger partial charge in [-0.1, -0.05) is 37.8 Å². The normalized spacial score (nSPS) is 24.8. The van der Waals surface area contributed by atoms with Gasteiger partial charge in [-0.3, -0.25) is 14.5 Å².